The fourth-order valence-corrected chi connectivity index (χ4v) is 3.68. The number of carboxylic acid groups (broad SMARTS) is 1. The van der Waals surface area contributed by atoms with Gasteiger partial charge in [0.15, 0.2) is 0 Å². The molecular weight excluding hydrogens is 314 g/mol. The van der Waals surface area contributed by atoms with Crippen LogP contribution < -0.4 is 0 Å². The van der Waals surface area contributed by atoms with Gasteiger partial charge in [-0.05, 0) is 37.5 Å². The Balaban J connectivity index is 1.80. The molecule has 0 saturated carbocycles. The molecule has 1 N–H and O–H groups in total. The SMILES string of the molecule is Cc1ccc2c(c1)nc(-c1ccccc1)n2C1CCN(C(=O)O)CC1. The quantitative estimate of drug-likeness (QED) is 0.758. The summed E-state index contributed by atoms with van der Waals surface area (Å²) in [5.41, 5.74) is 4.41. The van der Waals surface area contributed by atoms with Crippen molar-refractivity contribution in [1.29, 1.82) is 0 Å². The highest BCUT2D eigenvalue weighted by molar-refractivity contribution is 5.81. The largest absolute Gasteiger partial charge is 0.465 e. The van der Waals surface area contributed by atoms with Crippen LogP contribution in [0.3, 0.4) is 0 Å². The standard InChI is InChI=1S/C20H21N3O2/c1-14-7-8-18-17(13-14)21-19(15-5-3-2-4-6-15)23(18)16-9-11-22(12-10-16)20(24)25/h2-8,13,16H,9-12H2,1H3,(H,24,25). The smallest absolute Gasteiger partial charge is 0.407 e. The first-order valence-corrected chi connectivity index (χ1v) is 8.65. The van der Waals surface area contributed by atoms with Crippen molar-refractivity contribution in [3.05, 3.63) is 54.1 Å². The first-order valence-electron chi connectivity index (χ1n) is 8.65. The number of imidazole rings is 1. The van der Waals surface area contributed by atoms with E-state index < -0.39 is 6.09 Å². The van der Waals surface area contributed by atoms with E-state index >= 15 is 0 Å². The molecule has 1 aliphatic heterocycles. The van der Waals surface area contributed by atoms with Crippen LogP contribution in [0.2, 0.25) is 0 Å². The Bertz CT molecular complexity index is 909. The minimum atomic E-state index is -0.826. The number of amides is 1. The summed E-state index contributed by atoms with van der Waals surface area (Å²) in [6.45, 7) is 3.21. The van der Waals surface area contributed by atoms with Gasteiger partial charge in [-0.2, -0.15) is 0 Å². The molecule has 1 amide bonds. The third-order valence-electron chi connectivity index (χ3n) is 4.98. The number of aryl methyl sites for hydroxylation is 1. The molecule has 4 rings (SSSR count). The molecule has 0 spiro atoms. The lowest BCUT2D eigenvalue weighted by Gasteiger charge is -2.32. The van der Waals surface area contributed by atoms with Crippen molar-refractivity contribution in [2.45, 2.75) is 25.8 Å². The van der Waals surface area contributed by atoms with E-state index in [1.807, 2.05) is 18.2 Å². The zero-order valence-electron chi connectivity index (χ0n) is 14.2. The number of aromatic nitrogens is 2. The minimum absolute atomic E-state index is 0.263. The molecule has 5 heteroatoms. The fourth-order valence-electron chi connectivity index (χ4n) is 3.68. The topological polar surface area (TPSA) is 58.4 Å². The summed E-state index contributed by atoms with van der Waals surface area (Å²) in [5.74, 6) is 0.968. The van der Waals surface area contributed by atoms with Gasteiger partial charge in [0.05, 0.1) is 11.0 Å². The van der Waals surface area contributed by atoms with E-state index in [9.17, 15) is 9.90 Å². The number of piperidine rings is 1. The molecule has 25 heavy (non-hydrogen) atoms. The molecular formula is C20H21N3O2. The Morgan fingerprint density at radius 1 is 1.12 bits per heavy atom. The van der Waals surface area contributed by atoms with E-state index in [-0.39, 0.29) is 6.04 Å². The Morgan fingerprint density at radius 3 is 2.52 bits per heavy atom. The molecule has 1 saturated heterocycles. The van der Waals surface area contributed by atoms with Crippen molar-refractivity contribution < 1.29 is 9.90 Å². The van der Waals surface area contributed by atoms with Crippen LogP contribution in [0.25, 0.3) is 22.4 Å². The van der Waals surface area contributed by atoms with Gasteiger partial charge >= 0.3 is 6.09 Å². The van der Waals surface area contributed by atoms with Gasteiger partial charge in [0.25, 0.3) is 0 Å². The van der Waals surface area contributed by atoms with E-state index in [2.05, 4.69) is 41.8 Å². The average molecular weight is 335 g/mol. The lowest BCUT2D eigenvalue weighted by atomic mass is 10.0. The third-order valence-corrected chi connectivity index (χ3v) is 4.98. The van der Waals surface area contributed by atoms with Crippen LogP contribution in [0.4, 0.5) is 4.79 Å². The van der Waals surface area contributed by atoms with Gasteiger partial charge in [0.2, 0.25) is 0 Å². The maximum Gasteiger partial charge on any atom is 0.407 e. The Hall–Kier alpha value is -2.82. The van der Waals surface area contributed by atoms with E-state index in [0.717, 1.165) is 35.3 Å². The zero-order valence-corrected chi connectivity index (χ0v) is 14.2. The average Bonchev–Trinajstić information content (AvgIpc) is 3.01. The summed E-state index contributed by atoms with van der Waals surface area (Å²) in [6, 6.07) is 16.8. The van der Waals surface area contributed by atoms with E-state index in [1.54, 1.807) is 0 Å². The number of carbonyl (C=O) groups is 1. The second kappa shape index (κ2) is 6.24. The van der Waals surface area contributed by atoms with Crippen LogP contribution in [0.5, 0.6) is 0 Å². The van der Waals surface area contributed by atoms with Crippen molar-refractivity contribution in [1.82, 2.24) is 14.5 Å². The van der Waals surface area contributed by atoms with Crippen molar-refractivity contribution in [2.75, 3.05) is 13.1 Å². The number of hydrogen-bond donors (Lipinski definition) is 1. The van der Waals surface area contributed by atoms with Crippen molar-refractivity contribution in [3.8, 4) is 11.4 Å². The molecule has 0 radical (unpaired) electrons. The zero-order chi connectivity index (χ0) is 17.4. The highest BCUT2D eigenvalue weighted by Gasteiger charge is 2.26. The van der Waals surface area contributed by atoms with E-state index in [0.29, 0.717) is 13.1 Å². The predicted molar refractivity (Wildman–Crippen MR) is 97.8 cm³/mol. The summed E-state index contributed by atoms with van der Waals surface area (Å²) in [4.78, 5) is 17.6. The number of fused-ring (bicyclic) bond motifs is 1. The molecule has 1 aliphatic rings. The lowest BCUT2D eigenvalue weighted by Crippen LogP contribution is -2.38. The van der Waals surface area contributed by atoms with Crippen LogP contribution in [-0.2, 0) is 0 Å². The van der Waals surface area contributed by atoms with Gasteiger partial charge in [-0.15, -0.1) is 0 Å². The Kier molecular flexibility index (Phi) is 3.92. The van der Waals surface area contributed by atoms with Crippen LogP contribution in [0, 0.1) is 6.92 Å². The van der Waals surface area contributed by atoms with Crippen LogP contribution >= 0.6 is 0 Å². The molecule has 1 fully saturated rings. The minimum Gasteiger partial charge on any atom is -0.465 e. The molecule has 128 valence electrons. The maximum atomic E-state index is 11.2. The number of benzene rings is 2. The first-order chi connectivity index (χ1) is 12.1. The number of nitrogens with zero attached hydrogens (tertiary/aromatic N) is 3. The van der Waals surface area contributed by atoms with Gasteiger partial charge in [0, 0.05) is 24.7 Å². The monoisotopic (exact) mass is 335 g/mol. The summed E-state index contributed by atoms with van der Waals surface area (Å²) < 4.78 is 2.31. The normalized spacial score (nSPS) is 15.6. The van der Waals surface area contributed by atoms with Gasteiger partial charge in [-0.3, -0.25) is 0 Å². The van der Waals surface area contributed by atoms with Crippen molar-refractivity contribution in [3.63, 3.8) is 0 Å². The van der Waals surface area contributed by atoms with Gasteiger partial charge in [-0.25, -0.2) is 9.78 Å². The summed E-state index contributed by atoms with van der Waals surface area (Å²) in [6.07, 6.45) is 0.796. The van der Waals surface area contributed by atoms with E-state index in [1.165, 1.54) is 10.5 Å². The molecule has 0 bridgehead atoms. The van der Waals surface area contributed by atoms with Crippen LogP contribution in [0.15, 0.2) is 48.5 Å². The second-order valence-corrected chi connectivity index (χ2v) is 6.66. The number of likely N-dealkylation sites (tertiary alicyclic amines) is 1. The first kappa shape index (κ1) is 15.7. The maximum absolute atomic E-state index is 11.2. The molecule has 1 aromatic heterocycles. The second-order valence-electron chi connectivity index (χ2n) is 6.66. The molecule has 2 heterocycles. The lowest BCUT2D eigenvalue weighted by molar-refractivity contribution is 0.126. The molecule has 0 unspecified atom stereocenters. The molecule has 0 aliphatic carbocycles. The van der Waals surface area contributed by atoms with Crippen molar-refractivity contribution >= 4 is 17.1 Å². The van der Waals surface area contributed by atoms with Gasteiger partial charge in [-0.1, -0.05) is 36.4 Å². The molecule has 0 atom stereocenters. The van der Waals surface area contributed by atoms with Crippen LogP contribution in [0.1, 0.15) is 24.4 Å². The van der Waals surface area contributed by atoms with Gasteiger partial charge < -0.3 is 14.6 Å². The van der Waals surface area contributed by atoms with Crippen LogP contribution in [-0.4, -0.2) is 38.7 Å². The summed E-state index contributed by atoms with van der Waals surface area (Å²) in [5, 5.41) is 9.20. The van der Waals surface area contributed by atoms with Crippen molar-refractivity contribution in [2.24, 2.45) is 0 Å². The molecule has 2 aromatic carbocycles. The summed E-state index contributed by atoms with van der Waals surface area (Å²) >= 11 is 0. The fraction of sp³-hybridized carbons (Fsp3) is 0.300. The highest BCUT2D eigenvalue weighted by Crippen LogP contribution is 2.33. The Morgan fingerprint density at radius 2 is 1.84 bits per heavy atom. The number of hydrogen-bond acceptors (Lipinski definition) is 2. The molecule has 3 aromatic rings. The molecule has 5 nitrogen and oxygen atoms in total. The predicted octanol–water partition coefficient (Wildman–Crippen LogP) is 4.33. The van der Waals surface area contributed by atoms with Gasteiger partial charge in [0.1, 0.15) is 5.82 Å². The third kappa shape index (κ3) is 2.86. The number of rotatable bonds is 2. The Labute approximate surface area is 146 Å². The highest BCUT2D eigenvalue weighted by atomic mass is 16.4. The summed E-state index contributed by atoms with van der Waals surface area (Å²) in [7, 11) is 0. The van der Waals surface area contributed by atoms with E-state index in [4.69, 9.17) is 4.98 Å².